The summed E-state index contributed by atoms with van der Waals surface area (Å²) in [6, 6.07) is 14.4. The molecular weight excluding hydrogens is 434 g/mol. The molecule has 0 spiro atoms. The fourth-order valence-corrected chi connectivity index (χ4v) is 3.64. The van der Waals surface area contributed by atoms with Crippen LogP contribution < -0.4 is 11.1 Å². The van der Waals surface area contributed by atoms with E-state index in [1.807, 2.05) is 31.2 Å². The van der Waals surface area contributed by atoms with Crippen LogP contribution in [-0.4, -0.2) is 44.3 Å². The van der Waals surface area contributed by atoms with Crippen LogP contribution in [0.5, 0.6) is 0 Å². The smallest absolute Gasteiger partial charge is 0.335 e. The van der Waals surface area contributed by atoms with E-state index in [9.17, 15) is 19.5 Å². The van der Waals surface area contributed by atoms with E-state index < -0.39 is 11.9 Å². The molecule has 0 aliphatic heterocycles. The van der Waals surface area contributed by atoms with Gasteiger partial charge in [0.25, 0.3) is 5.91 Å². The third-order valence-corrected chi connectivity index (χ3v) is 5.18. The molecule has 0 aliphatic carbocycles. The van der Waals surface area contributed by atoms with E-state index in [0.29, 0.717) is 24.3 Å². The molecule has 34 heavy (non-hydrogen) atoms. The predicted molar refractivity (Wildman–Crippen MR) is 126 cm³/mol. The topological polar surface area (TPSA) is 139 Å². The molecule has 0 unspecified atom stereocenters. The van der Waals surface area contributed by atoms with E-state index in [1.165, 1.54) is 12.4 Å². The fraction of sp³-hybridized carbons (Fsp3) is 0.240. The average molecular weight is 462 g/mol. The number of nitrogens with zero attached hydrogens (tertiary/aromatic N) is 3. The van der Waals surface area contributed by atoms with Gasteiger partial charge in [0, 0.05) is 19.6 Å². The molecule has 9 nitrogen and oxygen atoms in total. The lowest BCUT2D eigenvalue weighted by molar-refractivity contribution is -0.119. The third kappa shape index (κ3) is 6.94. The molecular formula is C25H27N5O4. The maximum Gasteiger partial charge on any atom is 0.335 e. The molecule has 0 saturated carbocycles. The van der Waals surface area contributed by atoms with Gasteiger partial charge in [-0.2, -0.15) is 0 Å². The minimum Gasteiger partial charge on any atom is -0.478 e. The van der Waals surface area contributed by atoms with Crippen molar-refractivity contribution in [1.29, 1.82) is 0 Å². The Morgan fingerprint density at radius 2 is 1.79 bits per heavy atom. The Labute approximate surface area is 197 Å². The minimum absolute atomic E-state index is 0.0291. The Morgan fingerprint density at radius 1 is 1.00 bits per heavy atom. The van der Waals surface area contributed by atoms with Crippen molar-refractivity contribution >= 4 is 17.8 Å². The van der Waals surface area contributed by atoms with Gasteiger partial charge in [0.2, 0.25) is 5.91 Å². The highest BCUT2D eigenvalue weighted by Crippen LogP contribution is 2.15. The molecule has 4 N–H and O–H groups in total. The van der Waals surface area contributed by atoms with E-state index in [-0.39, 0.29) is 30.3 Å². The number of hydrogen-bond donors (Lipinski definition) is 3. The van der Waals surface area contributed by atoms with Gasteiger partial charge in [-0.3, -0.25) is 14.5 Å². The standard InChI is InChI=1S/C25H27N5O4/c1-16-4-3-5-18(8-16)11-27-24(32)22-10-20(28-15-29-22)13-30(14-23(26)31)12-19-6-7-21(25(33)34)17(2)9-19/h3-10,15H,11-14H2,1-2H3,(H2,26,31)(H,27,32)(H,33,34). The summed E-state index contributed by atoms with van der Waals surface area (Å²) in [7, 11) is 0. The predicted octanol–water partition coefficient (Wildman–Crippen LogP) is 2.21. The van der Waals surface area contributed by atoms with Crippen molar-refractivity contribution in [3.05, 3.63) is 94.1 Å². The number of carbonyl (C=O) groups is 3. The number of aromatic carboxylic acids is 1. The van der Waals surface area contributed by atoms with Crippen LogP contribution in [0.15, 0.2) is 54.9 Å². The quantitative estimate of drug-likeness (QED) is 0.421. The Bertz CT molecular complexity index is 1210. The molecule has 0 radical (unpaired) electrons. The summed E-state index contributed by atoms with van der Waals surface area (Å²) < 4.78 is 0. The van der Waals surface area contributed by atoms with Crippen LogP contribution in [0.1, 0.15) is 48.8 Å². The van der Waals surface area contributed by atoms with Gasteiger partial charge in [-0.25, -0.2) is 14.8 Å². The minimum atomic E-state index is -0.993. The number of carbonyl (C=O) groups excluding carboxylic acids is 2. The fourth-order valence-electron chi connectivity index (χ4n) is 3.64. The van der Waals surface area contributed by atoms with E-state index in [2.05, 4.69) is 15.3 Å². The molecule has 176 valence electrons. The monoisotopic (exact) mass is 461 g/mol. The van der Waals surface area contributed by atoms with Crippen molar-refractivity contribution in [2.75, 3.05) is 6.54 Å². The van der Waals surface area contributed by atoms with Crippen molar-refractivity contribution in [1.82, 2.24) is 20.2 Å². The van der Waals surface area contributed by atoms with Crippen molar-refractivity contribution in [3.63, 3.8) is 0 Å². The second-order valence-electron chi connectivity index (χ2n) is 8.13. The van der Waals surface area contributed by atoms with E-state index in [1.54, 1.807) is 30.0 Å². The van der Waals surface area contributed by atoms with Crippen LogP contribution in [0.25, 0.3) is 0 Å². The number of hydrogen-bond acceptors (Lipinski definition) is 6. The first-order valence-electron chi connectivity index (χ1n) is 10.7. The number of aryl methyl sites for hydroxylation is 2. The molecule has 3 rings (SSSR count). The Balaban J connectivity index is 1.70. The van der Waals surface area contributed by atoms with Gasteiger partial charge in [0.1, 0.15) is 12.0 Å². The summed E-state index contributed by atoms with van der Waals surface area (Å²) in [6.07, 6.45) is 1.31. The zero-order chi connectivity index (χ0) is 24.7. The van der Waals surface area contributed by atoms with Crippen LogP contribution in [0.4, 0.5) is 0 Å². The second kappa shape index (κ2) is 11.2. The number of carboxylic acids is 1. The highest BCUT2D eigenvalue weighted by atomic mass is 16.4. The van der Waals surface area contributed by atoms with Gasteiger partial charge in [-0.05, 0) is 42.7 Å². The summed E-state index contributed by atoms with van der Waals surface area (Å²) in [6.45, 7) is 4.66. The second-order valence-corrected chi connectivity index (χ2v) is 8.13. The van der Waals surface area contributed by atoms with Gasteiger partial charge in [-0.1, -0.05) is 42.0 Å². The summed E-state index contributed by atoms with van der Waals surface area (Å²) in [5.41, 5.74) is 9.97. The van der Waals surface area contributed by atoms with Crippen LogP contribution in [0, 0.1) is 13.8 Å². The first-order valence-corrected chi connectivity index (χ1v) is 10.7. The van der Waals surface area contributed by atoms with Crippen LogP contribution in [0.2, 0.25) is 0 Å². The third-order valence-electron chi connectivity index (χ3n) is 5.18. The number of carboxylic acid groups (broad SMARTS) is 1. The molecule has 0 saturated heterocycles. The number of nitrogens with two attached hydrogens (primary N) is 1. The number of rotatable bonds is 10. The number of aromatic nitrogens is 2. The van der Waals surface area contributed by atoms with Gasteiger partial charge in [0.15, 0.2) is 0 Å². The number of amides is 2. The van der Waals surface area contributed by atoms with Crippen LogP contribution in [0.3, 0.4) is 0 Å². The zero-order valence-corrected chi connectivity index (χ0v) is 19.1. The van der Waals surface area contributed by atoms with Crippen molar-refractivity contribution in [3.8, 4) is 0 Å². The first-order chi connectivity index (χ1) is 16.2. The molecule has 1 aromatic heterocycles. The largest absolute Gasteiger partial charge is 0.478 e. The van der Waals surface area contributed by atoms with Crippen molar-refractivity contribution in [2.45, 2.75) is 33.5 Å². The lowest BCUT2D eigenvalue weighted by Crippen LogP contribution is -2.33. The summed E-state index contributed by atoms with van der Waals surface area (Å²) in [4.78, 5) is 45.6. The summed E-state index contributed by atoms with van der Waals surface area (Å²) >= 11 is 0. The molecule has 2 aromatic carbocycles. The van der Waals surface area contributed by atoms with Gasteiger partial charge in [-0.15, -0.1) is 0 Å². The Kier molecular flexibility index (Phi) is 8.05. The number of nitrogens with one attached hydrogen (secondary N) is 1. The highest BCUT2D eigenvalue weighted by Gasteiger charge is 2.15. The zero-order valence-electron chi connectivity index (χ0n) is 19.1. The van der Waals surface area contributed by atoms with Crippen molar-refractivity contribution in [2.24, 2.45) is 5.73 Å². The maximum atomic E-state index is 12.6. The first kappa shape index (κ1) is 24.5. The molecule has 0 bridgehead atoms. The highest BCUT2D eigenvalue weighted by molar-refractivity contribution is 5.92. The Morgan fingerprint density at radius 3 is 2.47 bits per heavy atom. The molecule has 3 aromatic rings. The molecule has 1 heterocycles. The average Bonchev–Trinajstić information content (AvgIpc) is 2.77. The lowest BCUT2D eigenvalue weighted by Gasteiger charge is -2.21. The van der Waals surface area contributed by atoms with E-state index >= 15 is 0 Å². The lowest BCUT2D eigenvalue weighted by atomic mass is 10.0. The van der Waals surface area contributed by atoms with Crippen molar-refractivity contribution < 1.29 is 19.5 Å². The SMILES string of the molecule is Cc1cccc(CNC(=O)c2cc(CN(CC(N)=O)Cc3ccc(C(=O)O)c(C)c3)ncn2)c1. The number of primary amides is 1. The molecule has 0 fully saturated rings. The summed E-state index contributed by atoms with van der Waals surface area (Å²) in [5, 5.41) is 12.1. The molecule has 9 heteroatoms. The molecule has 2 amide bonds. The van der Waals surface area contributed by atoms with Gasteiger partial charge >= 0.3 is 5.97 Å². The van der Waals surface area contributed by atoms with Gasteiger partial charge in [0.05, 0.1) is 17.8 Å². The van der Waals surface area contributed by atoms with Crippen LogP contribution >= 0.6 is 0 Å². The summed E-state index contributed by atoms with van der Waals surface area (Å²) in [5.74, 6) is -1.83. The maximum absolute atomic E-state index is 12.6. The molecule has 0 aliphatic rings. The Hall–Kier alpha value is -4.11. The van der Waals surface area contributed by atoms with E-state index in [4.69, 9.17) is 5.73 Å². The molecule has 0 atom stereocenters. The number of benzene rings is 2. The van der Waals surface area contributed by atoms with E-state index in [0.717, 1.165) is 16.7 Å². The van der Waals surface area contributed by atoms with Crippen LogP contribution in [-0.2, 0) is 24.4 Å². The van der Waals surface area contributed by atoms with Gasteiger partial charge < -0.3 is 16.2 Å². The normalized spacial score (nSPS) is 10.8.